The molecule has 43 heavy (non-hydrogen) atoms. The Morgan fingerprint density at radius 2 is 1.09 bits per heavy atom. The zero-order chi connectivity index (χ0) is 30.5. The molecule has 1 aromatic rings. The number of hydrogen-bond acceptors (Lipinski definition) is 1. The first-order chi connectivity index (χ1) is 21.1. The zero-order valence-electron chi connectivity index (χ0n) is 27.2. The fraction of sp³-hybridized carbons (Fsp3) is 0.857. The van der Waals surface area contributed by atoms with Crippen LogP contribution < -0.4 is 0 Å². The molecule has 1 aliphatic heterocycles. The monoisotopic (exact) mass is 682 g/mol. The molecule has 8 heteroatoms. The quantitative estimate of drug-likeness (QED) is 0.160. The van der Waals surface area contributed by atoms with Crippen molar-refractivity contribution in [2.75, 3.05) is 13.1 Å². The molecule has 0 saturated heterocycles. The van der Waals surface area contributed by atoms with E-state index < -0.39 is 0 Å². The molecule has 0 spiro atoms. The summed E-state index contributed by atoms with van der Waals surface area (Å²) in [5.74, 6) is 0.562. The molecule has 4 rings (SSSR count). The van der Waals surface area contributed by atoms with Gasteiger partial charge in [-0.15, -0.1) is 13.1 Å². The van der Waals surface area contributed by atoms with Gasteiger partial charge in [0.1, 0.15) is 0 Å². The van der Waals surface area contributed by atoms with Crippen molar-refractivity contribution in [3.05, 3.63) is 50.4 Å². The third-order valence-electron chi connectivity index (χ3n) is 9.70. The fourth-order valence-corrected chi connectivity index (χ4v) is 7.13. The maximum atomic E-state index is 5.21. The second kappa shape index (κ2) is 23.4. The van der Waals surface area contributed by atoms with Crippen LogP contribution in [0.25, 0.3) is 21.3 Å². The predicted molar refractivity (Wildman–Crippen MR) is 192 cm³/mol. The van der Waals surface area contributed by atoms with Gasteiger partial charge in [-0.2, -0.15) is 37.3 Å². The maximum absolute atomic E-state index is 5.21. The van der Waals surface area contributed by atoms with Crippen molar-refractivity contribution in [1.82, 2.24) is 4.98 Å². The van der Waals surface area contributed by atoms with Gasteiger partial charge < -0.3 is 21.3 Å². The zero-order valence-corrected chi connectivity index (χ0v) is 29.9. The minimum Gasteiger partial charge on any atom is 0 e. The van der Waals surface area contributed by atoms with E-state index in [1.165, 1.54) is 128 Å². The van der Waals surface area contributed by atoms with Gasteiger partial charge in [0.2, 0.25) is 0 Å². The molecule has 0 N–H and O–H groups in total. The molecule has 2 bridgehead atoms. The minimum atomic E-state index is 0. The van der Waals surface area contributed by atoms with Crippen LogP contribution in [-0.2, 0) is 26.2 Å². The Morgan fingerprint density at radius 3 is 1.53 bits per heavy atom. The third kappa shape index (κ3) is 15.0. The molecule has 1 aromatic heterocycles. The molecule has 5 nitrogen and oxygen atoms in total. The summed E-state index contributed by atoms with van der Waals surface area (Å²) in [7, 11) is 9.59. The molecule has 0 aromatic carbocycles. The van der Waals surface area contributed by atoms with Gasteiger partial charge in [0.15, 0.2) is 0 Å². The standard InChI is InChI=1S/C35H59N5.2ClH.Mn.4H2/c1-3-4-5-6-7-8-9-10-11-12-17-28(2)29-24-30-26-38-34-20-15-13-18-32(34)36-22-23-37-33-19-14-16-21-35(33)39-27-31(25-29)40-30;;;;;;;/h24-25,28,32-35H,3-23,26-27H2,1-2H3;2*1H;;4*1H/q-4;;;+2;;;;/p-2/t28?,32-,33?,34-,35-;;;;;;;/m1......./s1. The number of hydrogen-bond donors (Lipinski definition) is 0. The Bertz CT molecular complexity index is 818. The van der Waals surface area contributed by atoms with E-state index in [9.17, 15) is 0 Å². The van der Waals surface area contributed by atoms with Gasteiger partial charge in [-0.1, -0.05) is 129 Å². The van der Waals surface area contributed by atoms with Gasteiger partial charge in [-0.05, 0) is 30.0 Å². The van der Waals surface area contributed by atoms with Crippen molar-refractivity contribution >= 4 is 20.2 Å². The predicted octanol–water partition coefficient (Wildman–Crippen LogP) is 13.0. The summed E-state index contributed by atoms with van der Waals surface area (Å²) in [6.45, 7) is 7.86. The Morgan fingerprint density at radius 1 is 0.698 bits per heavy atom. The van der Waals surface area contributed by atoms with Crippen LogP contribution in [0.1, 0.15) is 164 Å². The average molecular weight is 684 g/mol. The van der Waals surface area contributed by atoms with E-state index in [4.69, 9.17) is 46.4 Å². The van der Waals surface area contributed by atoms with E-state index in [0.29, 0.717) is 30.1 Å². The summed E-state index contributed by atoms with van der Waals surface area (Å²) in [5.41, 5.74) is 3.73. The molecule has 257 valence electrons. The second-order valence-corrected chi connectivity index (χ2v) is 15.1. The van der Waals surface area contributed by atoms with Crippen molar-refractivity contribution in [2.24, 2.45) is 0 Å². The smallest absolute Gasteiger partial charge is 0 e. The van der Waals surface area contributed by atoms with E-state index in [1.807, 2.05) is 0 Å². The van der Waals surface area contributed by atoms with Gasteiger partial charge in [-0.3, -0.25) is 4.98 Å². The number of nitrogens with zero attached hydrogens (tertiary/aromatic N) is 5. The van der Waals surface area contributed by atoms with Crippen LogP contribution in [0.3, 0.4) is 0 Å². The van der Waals surface area contributed by atoms with Crippen molar-refractivity contribution in [1.29, 1.82) is 0 Å². The molecule has 2 saturated carbocycles. The average Bonchev–Trinajstić information content (AvgIpc) is 3.03. The third-order valence-corrected chi connectivity index (χ3v) is 9.70. The number of pyridine rings is 1. The summed E-state index contributed by atoms with van der Waals surface area (Å²) in [6, 6.07) is 6.17. The van der Waals surface area contributed by atoms with Crippen LogP contribution in [-0.4, -0.2) is 42.2 Å². The first-order valence-electron chi connectivity index (χ1n) is 17.7. The molecular formula is C35H67Cl2MnN5-4. The van der Waals surface area contributed by atoms with E-state index in [2.05, 4.69) is 26.0 Å². The molecule has 0 radical (unpaired) electrons. The van der Waals surface area contributed by atoms with Crippen molar-refractivity contribution < 1.29 is 18.8 Å². The molecular weight excluding hydrogens is 616 g/mol. The van der Waals surface area contributed by atoms with E-state index in [-0.39, 0.29) is 18.8 Å². The van der Waals surface area contributed by atoms with Crippen LogP contribution in [0.2, 0.25) is 0 Å². The number of fused-ring (bicyclic) bond motifs is 4. The maximum Gasteiger partial charge on any atom is 0 e. The number of rotatable bonds is 12. The number of aromatic nitrogens is 1. The Balaban J connectivity index is 0. The van der Waals surface area contributed by atoms with Crippen LogP contribution >= 0.6 is 20.2 Å². The molecule has 2 fully saturated rings. The van der Waals surface area contributed by atoms with Gasteiger partial charge in [0.25, 0.3) is 0 Å². The largest absolute Gasteiger partial charge is 0 e. The molecule has 2 unspecified atom stereocenters. The fourth-order valence-electron chi connectivity index (χ4n) is 7.13. The summed E-state index contributed by atoms with van der Waals surface area (Å²) in [6.07, 6.45) is 25.1. The molecule has 2 aliphatic carbocycles. The molecule has 5 atom stereocenters. The van der Waals surface area contributed by atoms with E-state index in [1.54, 1.807) is 0 Å². The van der Waals surface area contributed by atoms with Gasteiger partial charge >= 0.3 is 33.3 Å². The first-order valence-corrected chi connectivity index (χ1v) is 20.9. The van der Waals surface area contributed by atoms with Crippen LogP contribution in [0, 0.1) is 0 Å². The van der Waals surface area contributed by atoms with Gasteiger partial charge in [-0.25, -0.2) is 0 Å². The molecule has 3 aliphatic rings. The van der Waals surface area contributed by atoms with E-state index >= 15 is 0 Å². The Kier molecular flexibility index (Phi) is 20.4. The topological polar surface area (TPSA) is 69.3 Å². The number of halogens is 2. The number of unbranched alkanes of at least 4 members (excludes halogenated alkanes) is 9. The summed E-state index contributed by atoms with van der Waals surface area (Å²) < 4.78 is 0. The summed E-state index contributed by atoms with van der Waals surface area (Å²) in [4.78, 5) is 5.11. The Hall–Kier alpha value is 0.0895. The van der Waals surface area contributed by atoms with Crippen molar-refractivity contribution in [3.8, 4) is 0 Å². The van der Waals surface area contributed by atoms with Crippen molar-refractivity contribution in [2.45, 2.75) is 179 Å². The van der Waals surface area contributed by atoms with E-state index in [0.717, 1.165) is 37.6 Å². The normalized spacial score (nSPS) is 25.7. The summed E-state index contributed by atoms with van der Waals surface area (Å²) >= 11 is 0.00694. The van der Waals surface area contributed by atoms with Crippen LogP contribution in [0.15, 0.2) is 12.1 Å². The minimum absolute atomic E-state index is 0. The Labute approximate surface area is 285 Å². The van der Waals surface area contributed by atoms with Crippen LogP contribution in [0.5, 0.6) is 0 Å². The molecule has 0 amide bonds. The SMILES string of the molecule is CCCCCCCCCCCCC(C)c1cc2nc(c1)C[N-][C@@H]1CCCC[C@H]1[N-]CC[N-]C1CCCC[C@H]1[N-]C2.[Cl][Mn][Cl].[HH].[HH].[HH].[HH]. The first kappa shape index (κ1) is 37.5. The van der Waals surface area contributed by atoms with Crippen LogP contribution in [0.4, 0.5) is 0 Å². The van der Waals surface area contributed by atoms with Gasteiger partial charge in [0.05, 0.1) is 0 Å². The summed E-state index contributed by atoms with van der Waals surface area (Å²) in [5, 5.41) is 20.6. The van der Waals surface area contributed by atoms with Gasteiger partial charge in [0, 0.05) is 17.1 Å². The molecule has 2 heterocycles. The van der Waals surface area contributed by atoms with Crippen molar-refractivity contribution in [3.63, 3.8) is 0 Å². The second-order valence-electron chi connectivity index (χ2n) is 13.1.